The molecule has 1 aliphatic heterocycles. The van der Waals surface area contributed by atoms with Crippen molar-refractivity contribution < 1.29 is 18.3 Å². The lowest BCUT2D eigenvalue weighted by Gasteiger charge is -2.60. The first kappa shape index (κ1) is 23.2. The van der Waals surface area contributed by atoms with E-state index in [0.29, 0.717) is 42.8 Å². The fraction of sp³-hybridized carbons (Fsp3) is 0.654. The van der Waals surface area contributed by atoms with Gasteiger partial charge in [0.1, 0.15) is 0 Å². The van der Waals surface area contributed by atoms with Crippen LogP contribution in [0.2, 0.25) is 0 Å². The van der Waals surface area contributed by atoms with Crippen molar-refractivity contribution in [1.82, 2.24) is 15.3 Å². The molecule has 2 N–H and O–H groups in total. The molecule has 4 aliphatic carbocycles. The molecule has 2 atom stereocenters. The van der Waals surface area contributed by atoms with Crippen LogP contribution >= 0.6 is 0 Å². The van der Waals surface area contributed by atoms with Gasteiger partial charge in [-0.2, -0.15) is 0 Å². The molecule has 35 heavy (non-hydrogen) atoms. The molecule has 5 aliphatic rings. The van der Waals surface area contributed by atoms with Crippen LogP contribution in [0.5, 0.6) is 0 Å². The Labute approximate surface area is 206 Å². The van der Waals surface area contributed by atoms with E-state index in [1.54, 1.807) is 18.2 Å². The fourth-order valence-electron chi connectivity index (χ4n) is 7.69. The summed E-state index contributed by atoms with van der Waals surface area (Å²) in [5, 5.41) is 15.3. The number of fused-ring (bicyclic) bond motifs is 1. The summed E-state index contributed by atoms with van der Waals surface area (Å²) in [5.41, 5.74) is 0.631. The van der Waals surface area contributed by atoms with Gasteiger partial charge >= 0.3 is 0 Å². The summed E-state index contributed by atoms with van der Waals surface area (Å²) in [6.45, 7) is 3.27. The van der Waals surface area contributed by atoms with Gasteiger partial charge in [-0.25, -0.2) is 18.4 Å². The molecule has 9 heteroatoms. The Kier molecular flexibility index (Phi) is 5.21. The Morgan fingerprint density at radius 2 is 1.80 bits per heavy atom. The van der Waals surface area contributed by atoms with Crippen LogP contribution in [0.25, 0.3) is 10.9 Å². The van der Waals surface area contributed by atoms with Gasteiger partial charge in [0, 0.05) is 36.2 Å². The lowest BCUT2D eigenvalue weighted by Crippen LogP contribution is -2.66. The summed E-state index contributed by atoms with van der Waals surface area (Å²) in [5.74, 6) is 1.75. The molecule has 0 radical (unpaired) electrons. The number of anilines is 1. The van der Waals surface area contributed by atoms with Crippen molar-refractivity contribution in [2.75, 3.05) is 24.2 Å². The van der Waals surface area contributed by atoms with E-state index in [4.69, 9.17) is 0 Å². The van der Waals surface area contributed by atoms with Gasteiger partial charge in [0.15, 0.2) is 9.84 Å². The maximum absolute atomic E-state index is 13.3. The van der Waals surface area contributed by atoms with Gasteiger partial charge in [-0.3, -0.25) is 4.79 Å². The molecule has 2 aromatic rings. The minimum absolute atomic E-state index is 0.0488. The second-order valence-electron chi connectivity index (χ2n) is 11.8. The van der Waals surface area contributed by atoms with Crippen molar-refractivity contribution in [3.63, 3.8) is 0 Å². The van der Waals surface area contributed by atoms with Crippen molar-refractivity contribution in [2.45, 2.75) is 74.3 Å². The Morgan fingerprint density at radius 1 is 1.11 bits per heavy atom. The highest BCUT2D eigenvalue weighted by atomic mass is 32.2. The molecule has 7 rings (SSSR count). The number of benzene rings is 1. The minimum atomic E-state index is -3.32. The minimum Gasteiger partial charge on any atom is -0.390 e. The third kappa shape index (κ3) is 4.20. The predicted molar refractivity (Wildman–Crippen MR) is 133 cm³/mol. The standard InChI is InChI=1S/C26H34N4O4S/c1-16-21-4-3-20(35(2,33)34)10-22(21)28-24(27-16)30-7-5-19(6-8-30)23(31)29-25-11-17-9-18(12-25)14-26(32,13-17)15-25/h3-4,10,17-19,32H,5-9,11-15H2,1-2H3,(H,29,31)/t17-,18-,25?,26?/m1/s1. The molecule has 1 aromatic carbocycles. The topological polar surface area (TPSA) is 112 Å². The molecular weight excluding hydrogens is 464 g/mol. The SMILES string of the molecule is Cc1nc(N2CCC(C(=O)NC34C[C@H]5C[C@@H](CC(O)(C5)C3)C4)CC2)nc2cc(S(C)(=O)=O)ccc12. The van der Waals surface area contributed by atoms with E-state index in [1.165, 1.54) is 12.7 Å². The number of carbonyl (C=O) groups excluding carboxylic acids is 1. The summed E-state index contributed by atoms with van der Waals surface area (Å²) < 4.78 is 24.0. The quantitative estimate of drug-likeness (QED) is 0.667. The van der Waals surface area contributed by atoms with E-state index < -0.39 is 15.4 Å². The summed E-state index contributed by atoms with van der Waals surface area (Å²) in [4.78, 5) is 25.0. The zero-order valence-corrected chi connectivity index (χ0v) is 21.3. The van der Waals surface area contributed by atoms with E-state index >= 15 is 0 Å². The number of carbonyl (C=O) groups is 1. The highest BCUT2D eigenvalue weighted by molar-refractivity contribution is 7.90. The molecule has 2 heterocycles. The molecule has 8 nitrogen and oxygen atoms in total. The molecule has 4 bridgehead atoms. The van der Waals surface area contributed by atoms with Gasteiger partial charge in [0.05, 0.1) is 21.7 Å². The van der Waals surface area contributed by atoms with E-state index in [0.717, 1.165) is 49.6 Å². The first-order valence-corrected chi connectivity index (χ1v) is 14.7. The molecule has 0 spiro atoms. The number of hydrogen-bond acceptors (Lipinski definition) is 7. The van der Waals surface area contributed by atoms with Gasteiger partial charge in [-0.1, -0.05) is 0 Å². The van der Waals surface area contributed by atoms with Crippen molar-refractivity contribution in [2.24, 2.45) is 17.8 Å². The van der Waals surface area contributed by atoms with Crippen LogP contribution < -0.4 is 10.2 Å². The number of piperidine rings is 1. The molecule has 188 valence electrons. The second-order valence-corrected chi connectivity index (χ2v) is 13.8. The van der Waals surface area contributed by atoms with Crippen molar-refractivity contribution in [3.8, 4) is 0 Å². The Morgan fingerprint density at radius 3 is 2.43 bits per heavy atom. The average Bonchev–Trinajstić information content (AvgIpc) is 2.76. The number of nitrogens with zero attached hydrogens (tertiary/aromatic N) is 3. The number of aromatic nitrogens is 2. The Hall–Kier alpha value is -2.26. The summed E-state index contributed by atoms with van der Waals surface area (Å²) in [6.07, 6.45) is 8.37. The molecule has 1 saturated heterocycles. The molecular formula is C26H34N4O4S. The van der Waals surface area contributed by atoms with Crippen LogP contribution in [0.15, 0.2) is 23.1 Å². The number of aliphatic hydroxyl groups is 1. The third-order valence-electron chi connectivity index (χ3n) is 8.84. The van der Waals surface area contributed by atoms with Crippen molar-refractivity contribution in [1.29, 1.82) is 0 Å². The molecule has 4 saturated carbocycles. The highest BCUT2D eigenvalue weighted by Gasteiger charge is 2.57. The number of sulfone groups is 1. The number of aryl methyl sites for hydroxylation is 1. The van der Waals surface area contributed by atoms with E-state index in [2.05, 4.69) is 20.2 Å². The van der Waals surface area contributed by atoms with Crippen LogP contribution in [-0.2, 0) is 14.6 Å². The fourth-order valence-corrected chi connectivity index (χ4v) is 8.33. The van der Waals surface area contributed by atoms with E-state index in [1.807, 2.05) is 6.92 Å². The van der Waals surface area contributed by atoms with Crippen LogP contribution in [-0.4, -0.2) is 59.9 Å². The Balaban J connectivity index is 1.14. The number of amides is 1. The first-order valence-electron chi connectivity index (χ1n) is 12.8. The molecule has 1 amide bonds. The van der Waals surface area contributed by atoms with Crippen molar-refractivity contribution >= 4 is 32.6 Å². The van der Waals surface area contributed by atoms with Gasteiger partial charge in [0.2, 0.25) is 11.9 Å². The smallest absolute Gasteiger partial charge is 0.226 e. The van der Waals surface area contributed by atoms with Crippen LogP contribution in [0.1, 0.15) is 57.1 Å². The maximum atomic E-state index is 13.3. The van der Waals surface area contributed by atoms with Crippen molar-refractivity contribution in [3.05, 3.63) is 23.9 Å². The van der Waals surface area contributed by atoms with Gasteiger partial charge in [-0.05, 0) is 88.3 Å². The second kappa shape index (κ2) is 7.87. The van der Waals surface area contributed by atoms with E-state index in [-0.39, 0.29) is 22.3 Å². The summed E-state index contributed by atoms with van der Waals surface area (Å²) in [6, 6.07) is 4.98. The molecule has 1 aromatic heterocycles. The lowest BCUT2D eigenvalue weighted by atomic mass is 9.51. The van der Waals surface area contributed by atoms with Gasteiger partial charge in [-0.15, -0.1) is 0 Å². The first-order chi connectivity index (χ1) is 16.5. The number of rotatable bonds is 4. The lowest BCUT2D eigenvalue weighted by molar-refractivity contribution is -0.153. The largest absolute Gasteiger partial charge is 0.390 e. The van der Waals surface area contributed by atoms with Gasteiger partial charge in [0.25, 0.3) is 0 Å². The maximum Gasteiger partial charge on any atom is 0.226 e. The average molecular weight is 499 g/mol. The number of hydrogen-bond donors (Lipinski definition) is 2. The van der Waals surface area contributed by atoms with Crippen LogP contribution in [0.4, 0.5) is 5.95 Å². The van der Waals surface area contributed by atoms with Gasteiger partial charge < -0.3 is 15.3 Å². The van der Waals surface area contributed by atoms with Crippen LogP contribution in [0.3, 0.4) is 0 Å². The zero-order chi connectivity index (χ0) is 24.6. The molecule has 5 fully saturated rings. The van der Waals surface area contributed by atoms with Crippen LogP contribution in [0, 0.1) is 24.7 Å². The summed E-state index contributed by atoms with van der Waals surface area (Å²) >= 11 is 0. The van der Waals surface area contributed by atoms with E-state index in [9.17, 15) is 18.3 Å². The summed E-state index contributed by atoms with van der Waals surface area (Å²) in [7, 11) is -3.32. The number of nitrogens with one attached hydrogen (secondary N) is 1. The zero-order valence-electron chi connectivity index (χ0n) is 20.5. The monoisotopic (exact) mass is 498 g/mol. The normalized spacial score (nSPS) is 32.8. The highest BCUT2D eigenvalue weighted by Crippen LogP contribution is 2.57. The molecule has 0 unspecified atom stereocenters. The third-order valence-corrected chi connectivity index (χ3v) is 9.95. The predicted octanol–water partition coefficient (Wildman–Crippen LogP) is 2.76. The Bertz CT molecular complexity index is 1290.